The van der Waals surface area contributed by atoms with Crippen LogP contribution in [0.25, 0.3) is 0 Å². The van der Waals surface area contributed by atoms with Crippen LogP contribution in [0.3, 0.4) is 0 Å². The molecule has 0 bridgehead atoms. The van der Waals surface area contributed by atoms with Crippen molar-refractivity contribution in [3.05, 3.63) is 42.2 Å². The number of rotatable bonds is 5. The average Bonchev–Trinajstić information content (AvgIpc) is 2.40. The highest BCUT2D eigenvalue weighted by atomic mass is 16.5. The first-order valence-corrected chi connectivity index (χ1v) is 5.82. The van der Waals surface area contributed by atoms with Gasteiger partial charge in [0.2, 0.25) is 5.88 Å². The summed E-state index contributed by atoms with van der Waals surface area (Å²) in [7, 11) is 0. The summed E-state index contributed by atoms with van der Waals surface area (Å²) in [4.78, 5) is 8.15. The molecule has 2 aromatic rings. The minimum absolute atomic E-state index is 0.517. The van der Waals surface area contributed by atoms with Crippen LogP contribution in [0, 0.1) is 0 Å². The molecule has 0 atom stereocenters. The van der Waals surface area contributed by atoms with Crippen molar-refractivity contribution in [1.29, 1.82) is 0 Å². The van der Waals surface area contributed by atoms with Gasteiger partial charge in [-0.2, -0.15) is 0 Å². The van der Waals surface area contributed by atoms with Crippen molar-refractivity contribution in [2.75, 3.05) is 11.9 Å². The van der Waals surface area contributed by atoms with E-state index in [0.717, 1.165) is 11.3 Å². The van der Waals surface area contributed by atoms with Gasteiger partial charge in [0.25, 0.3) is 0 Å². The van der Waals surface area contributed by atoms with Crippen LogP contribution in [-0.4, -0.2) is 16.6 Å². The van der Waals surface area contributed by atoms with Crippen LogP contribution in [0.5, 0.6) is 5.88 Å². The van der Waals surface area contributed by atoms with E-state index in [9.17, 15) is 0 Å². The zero-order chi connectivity index (χ0) is 12.8. The molecule has 1 heterocycles. The Bertz CT molecular complexity index is 516. The van der Waals surface area contributed by atoms with E-state index in [4.69, 9.17) is 10.5 Å². The number of ether oxygens (including phenoxy) is 1. The first kappa shape index (κ1) is 12.3. The number of aromatic nitrogens is 2. The van der Waals surface area contributed by atoms with Gasteiger partial charge in [-0.3, -0.25) is 0 Å². The maximum atomic E-state index is 5.60. The largest absolute Gasteiger partial charge is 0.478 e. The Kier molecular flexibility index (Phi) is 4.09. The van der Waals surface area contributed by atoms with Gasteiger partial charge in [-0.05, 0) is 24.6 Å². The Morgan fingerprint density at radius 3 is 2.94 bits per heavy atom. The Morgan fingerprint density at radius 2 is 2.17 bits per heavy atom. The van der Waals surface area contributed by atoms with Crippen molar-refractivity contribution in [2.45, 2.75) is 13.5 Å². The fraction of sp³-hybridized carbons (Fsp3) is 0.231. The molecular weight excluding hydrogens is 228 g/mol. The summed E-state index contributed by atoms with van der Waals surface area (Å²) in [5, 5.41) is 3.19. The number of benzene rings is 1. The van der Waals surface area contributed by atoms with E-state index in [1.54, 1.807) is 6.07 Å². The van der Waals surface area contributed by atoms with Gasteiger partial charge in [0.05, 0.1) is 6.61 Å². The van der Waals surface area contributed by atoms with E-state index < -0.39 is 0 Å². The molecule has 0 aliphatic heterocycles. The number of hydrogen-bond acceptors (Lipinski definition) is 5. The minimum atomic E-state index is 0.517. The predicted octanol–water partition coefficient (Wildman–Crippen LogP) is 2.08. The lowest BCUT2D eigenvalue weighted by Crippen LogP contribution is -2.00. The van der Waals surface area contributed by atoms with Crippen LogP contribution < -0.4 is 15.8 Å². The zero-order valence-electron chi connectivity index (χ0n) is 10.3. The van der Waals surface area contributed by atoms with Gasteiger partial charge < -0.3 is 15.8 Å². The molecule has 5 nitrogen and oxygen atoms in total. The lowest BCUT2D eigenvalue weighted by Gasteiger charge is -2.08. The molecule has 1 aromatic carbocycles. The van der Waals surface area contributed by atoms with Crippen molar-refractivity contribution in [3.63, 3.8) is 0 Å². The van der Waals surface area contributed by atoms with Crippen LogP contribution in [0.1, 0.15) is 12.5 Å². The van der Waals surface area contributed by atoms with Crippen LogP contribution >= 0.6 is 0 Å². The third-order valence-corrected chi connectivity index (χ3v) is 2.37. The van der Waals surface area contributed by atoms with E-state index in [1.807, 2.05) is 31.2 Å². The minimum Gasteiger partial charge on any atom is -0.478 e. The summed E-state index contributed by atoms with van der Waals surface area (Å²) in [5.41, 5.74) is 7.61. The highest BCUT2D eigenvalue weighted by molar-refractivity contribution is 5.57. The van der Waals surface area contributed by atoms with Gasteiger partial charge in [0.1, 0.15) is 12.1 Å². The standard InChI is InChI=1S/C13H16N4O/c1-2-18-13-7-12(15-9-16-13)17-11-5-3-4-10(6-11)8-14/h3-7,9H,2,8,14H2,1H3,(H,15,16,17). The van der Waals surface area contributed by atoms with Gasteiger partial charge in [-0.25, -0.2) is 9.97 Å². The maximum absolute atomic E-state index is 5.60. The molecule has 2 rings (SSSR count). The summed E-state index contributed by atoms with van der Waals surface area (Å²) in [6, 6.07) is 9.65. The van der Waals surface area contributed by atoms with Crippen LogP contribution in [0.4, 0.5) is 11.5 Å². The SMILES string of the molecule is CCOc1cc(Nc2cccc(CN)c2)ncn1. The molecule has 0 spiro atoms. The molecule has 5 heteroatoms. The van der Waals surface area contributed by atoms with Gasteiger partial charge in [-0.15, -0.1) is 0 Å². The highest BCUT2D eigenvalue weighted by Gasteiger charge is 2.00. The lowest BCUT2D eigenvalue weighted by atomic mass is 10.2. The third kappa shape index (κ3) is 3.18. The number of nitrogens with zero attached hydrogens (tertiary/aromatic N) is 2. The van der Waals surface area contributed by atoms with E-state index >= 15 is 0 Å². The summed E-state index contributed by atoms with van der Waals surface area (Å²) >= 11 is 0. The smallest absolute Gasteiger partial charge is 0.218 e. The first-order chi connectivity index (χ1) is 8.81. The van der Waals surface area contributed by atoms with Crippen molar-refractivity contribution in [1.82, 2.24) is 9.97 Å². The maximum Gasteiger partial charge on any atom is 0.218 e. The number of nitrogens with two attached hydrogens (primary N) is 1. The average molecular weight is 244 g/mol. The van der Waals surface area contributed by atoms with Crippen molar-refractivity contribution in [2.24, 2.45) is 5.73 Å². The second kappa shape index (κ2) is 5.97. The second-order valence-electron chi connectivity index (χ2n) is 3.70. The van der Waals surface area contributed by atoms with Gasteiger partial charge >= 0.3 is 0 Å². The number of anilines is 2. The normalized spacial score (nSPS) is 10.1. The quantitative estimate of drug-likeness (QED) is 0.842. The third-order valence-electron chi connectivity index (χ3n) is 2.37. The van der Waals surface area contributed by atoms with E-state index in [1.165, 1.54) is 6.33 Å². The fourth-order valence-corrected chi connectivity index (χ4v) is 1.56. The molecule has 0 saturated carbocycles. The predicted molar refractivity (Wildman–Crippen MR) is 70.8 cm³/mol. The Morgan fingerprint density at radius 1 is 1.28 bits per heavy atom. The molecule has 0 radical (unpaired) electrons. The molecule has 0 unspecified atom stereocenters. The van der Waals surface area contributed by atoms with E-state index in [0.29, 0.717) is 24.8 Å². The molecule has 0 fully saturated rings. The fourth-order valence-electron chi connectivity index (χ4n) is 1.56. The Balaban J connectivity index is 2.14. The number of nitrogens with one attached hydrogen (secondary N) is 1. The van der Waals surface area contributed by atoms with Crippen LogP contribution in [0.15, 0.2) is 36.7 Å². The van der Waals surface area contributed by atoms with Crippen molar-refractivity contribution < 1.29 is 4.74 Å². The molecule has 94 valence electrons. The molecule has 0 saturated heterocycles. The molecule has 0 aliphatic rings. The van der Waals surface area contributed by atoms with Gasteiger partial charge in [0, 0.05) is 18.3 Å². The Labute approximate surface area is 106 Å². The topological polar surface area (TPSA) is 73.1 Å². The van der Waals surface area contributed by atoms with Crippen molar-refractivity contribution in [3.8, 4) is 5.88 Å². The summed E-state index contributed by atoms with van der Waals surface area (Å²) in [6.07, 6.45) is 1.47. The summed E-state index contributed by atoms with van der Waals surface area (Å²) in [6.45, 7) is 3.02. The Hall–Kier alpha value is -2.14. The highest BCUT2D eigenvalue weighted by Crippen LogP contribution is 2.18. The number of hydrogen-bond donors (Lipinski definition) is 2. The molecule has 0 aliphatic carbocycles. The molecule has 1 aromatic heterocycles. The molecule has 3 N–H and O–H groups in total. The first-order valence-electron chi connectivity index (χ1n) is 5.82. The van der Waals surface area contributed by atoms with Crippen LogP contribution in [-0.2, 0) is 6.54 Å². The zero-order valence-corrected chi connectivity index (χ0v) is 10.3. The lowest BCUT2D eigenvalue weighted by molar-refractivity contribution is 0.326. The molecule has 18 heavy (non-hydrogen) atoms. The summed E-state index contributed by atoms with van der Waals surface area (Å²) < 4.78 is 5.32. The monoisotopic (exact) mass is 244 g/mol. The van der Waals surface area contributed by atoms with Crippen molar-refractivity contribution >= 4 is 11.5 Å². The van der Waals surface area contributed by atoms with E-state index in [-0.39, 0.29) is 0 Å². The van der Waals surface area contributed by atoms with Gasteiger partial charge in [0.15, 0.2) is 0 Å². The summed E-state index contributed by atoms with van der Waals surface area (Å²) in [5.74, 6) is 1.26. The van der Waals surface area contributed by atoms with E-state index in [2.05, 4.69) is 15.3 Å². The van der Waals surface area contributed by atoms with Gasteiger partial charge in [-0.1, -0.05) is 12.1 Å². The molecular formula is C13H16N4O. The molecule has 0 amide bonds. The van der Waals surface area contributed by atoms with Crippen LogP contribution in [0.2, 0.25) is 0 Å². The second-order valence-corrected chi connectivity index (χ2v) is 3.70.